The van der Waals surface area contributed by atoms with E-state index >= 15 is 0 Å². The minimum atomic E-state index is -0.754. The van der Waals surface area contributed by atoms with Crippen LogP contribution in [0.25, 0.3) is 0 Å². The molecule has 0 saturated carbocycles. The molecule has 0 saturated heterocycles. The lowest BCUT2D eigenvalue weighted by Gasteiger charge is -2.12. The molecule has 8 nitrogen and oxygen atoms in total. The quantitative estimate of drug-likeness (QED) is 0.416. The zero-order valence-electron chi connectivity index (χ0n) is 15.8. The Morgan fingerprint density at radius 1 is 1.36 bits per heavy atom. The van der Waals surface area contributed by atoms with E-state index in [-0.39, 0.29) is 24.1 Å². The van der Waals surface area contributed by atoms with E-state index in [2.05, 4.69) is 20.6 Å². The molecule has 2 aromatic heterocycles. The molecule has 2 aromatic rings. The van der Waals surface area contributed by atoms with Crippen LogP contribution in [0.5, 0.6) is 0 Å². The Kier molecular flexibility index (Phi) is 6.48. The zero-order valence-corrected chi connectivity index (χ0v) is 16.6. The summed E-state index contributed by atoms with van der Waals surface area (Å²) in [6.07, 6.45) is 3.25. The predicted octanol–water partition coefficient (Wildman–Crippen LogP) is 2.57. The van der Waals surface area contributed by atoms with Crippen LogP contribution in [0.1, 0.15) is 45.5 Å². The SMILES string of the molecule is CCNc1ccc(C(=O)C2CCCc3nc(NC(=O)COC)sc3C2=O)cn1. The fourth-order valence-corrected chi connectivity index (χ4v) is 4.12. The smallest absolute Gasteiger partial charge is 0.252 e. The van der Waals surface area contributed by atoms with Crippen molar-refractivity contribution in [3.63, 3.8) is 0 Å². The molecule has 0 radical (unpaired) electrons. The summed E-state index contributed by atoms with van der Waals surface area (Å²) in [6.45, 7) is 2.61. The summed E-state index contributed by atoms with van der Waals surface area (Å²) in [5.41, 5.74) is 1.06. The van der Waals surface area contributed by atoms with Crippen LogP contribution < -0.4 is 10.6 Å². The van der Waals surface area contributed by atoms with Gasteiger partial charge in [-0.2, -0.15) is 0 Å². The van der Waals surface area contributed by atoms with Crippen LogP contribution in [0, 0.1) is 5.92 Å². The van der Waals surface area contributed by atoms with E-state index in [4.69, 9.17) is 4.74 Å². The fourth-order valence-electron chi connectivity index (χ4n) is 3.09. The molecule has 0 bridgehead atoms. The van der Waals surface area contributed by atoms with Gasteiger partial charge in [0.2, 0.25) is 0 Å². The van der Waals surface area contributed by atoms with Gasteiger partial charge in [0.05, 0.1) is 16.5 Å². The van der Waals surface area contributed by atoms with E-state index in [1.807, 2.05) is 6.92 Å². The van der Waals surface area contributed by atoms with Gasteiger partial charge in [-0.25, -0.2) is 9.97 Å². The van der Waals surface area contributed by atoms with Crippen LogP contribution in [-0.4, -0.2) is 47.7 Å². The molecular weight excluding hydrogens is 380 g/mol. The number of thiazole rings is 1. The van der Waals surface area contributed by atoms with E-state index in [1.54, 1.807) is 12.1 Å². The standard InChI is InChI=1S/C19H22N4O4S/c1-3-20-14-8-7-11(9-21-14)16(25)12-5-4-6-13-18(17(12)26)28-19(22-13)23-15(24)10-27-2/h7-9,12H,3-6,10H2,1-2H3,(H,20,21)(H,22,23,24). The van der Waals surface area contributed by atoms with Crippen molar-refractivity contribution in [2.45, 2.75) is 26.2 Å². The van der Waals surface area contributed by atoms with E-state index in [1.165, 1.54) is 13.3 Å². The Bertz CT molecular complexity index is 879. The van der Waals surface area contributed by atoms with Gasteiger partial charge in [0.25, 0.3) is 5.91 Å². The van der Waals surface area contributed by atoms with Crippen LogP contribution in [0.2, 0.25) is 0 Å². The normalized spacial score (nSPS) is 16.2. The molecule has 1 aliphatic rings. The van der Waals surface area contributed by atoms with Gasteiger partial charge in [0, 0.05) is 25.4 Å². The number of nitrogens with one attached hydrogen (secondary N) is 2. The highest BCUT2D eigenvalue weighted by Crippen LogP contribution is 2.32. The molecular formula is C19H22N4O4S. The first-order valence-corrected chi connectivity index (χ1v) is 9.92. The van der Waals surface area contributed by atoms with Crippen molar-refractivity contribution in [1.29, 1.82) is 0 Å². The average molecular weight is 402 g/mol. The summed E-state index contributed by atoms with van der Waals surface area (Å²) in [5.74, 6) is -0.869. The molecule has 2 heterocycles. The fraction of sp³-hybridized carbons (Fsp3) is 0.421. The van der Waals surface area contributed by atoms with Gasteiger partial charge in [0.15, 0.2) is 16.7 Å². The van der Waals surface area contributed by atoms with Crippen LogP contribution >= 0.6 is 11.3 Å². The lowest BCUT2D eigenvalue weighted by molar-refractivity contribution is -0.119. The third-order valence-corrected chi connectivity index (χ3v) is 5.42. The van der Waals surface area contributed by atoms with Gasteiger partial charge in [-0.15, -0.1) is 0 Å². The number of amides is 1. The highest BCUT2D eigenvalue weighted by atomic mass is 32.1. The second-order valence-electron chi connectivity index (χ2n) is 6.41. The maximum atomic E-state index is 13.0. The number of hydrogen-bond acceptors (Lipinski definition) is 8. The van der Waals surface area contributed by atoms with Crippen molar-refractivity contribution < 1.29 is 19.1 Å². The van der Waals surface area contributed by atoms with Crippen molar-refractivity contribution in [3.05, 3.63) is 34.5 Å². The number of pyridine rings is 1. The predicted molar refractivity (Wildman–Crippen MR) is 106 cm³/mol. The zero-order chi connectivity index (χ0) is 20.1. The number of hydrogen-bond donors (Lipinski definition) is 2. The number of ether oxygens (including phenoxy) is 1. The number of aryl methyl sites for hydroxylation is 1. The van der Waals surface area contributed by atoms with E-state index < -0.39 is 5.92 Å². The minimum absolute atomic E-state index is 0.0881. The van der Waals surface area contributed by atoms with Gasteiger partial charge in [-0.3, -0.25) is 19.7 Å². The van der Waals surface area contributed by atoms with Crippen LogP contribution in [0.15, 0.2) is 18.3 Å². The Morgan fingerprint density at radius 2 is 2.18 bits per heavy atom. The summed E-state index contributed by atoms with van der Waals surface area (Å²) < 4.78 is 4.78. The Morgan fingerprint density at radius 3 is 2.86 bits per heavy atom. The number of fused-ring (bicyclic) bond motifs is 1. The van der Waals surface area contributed by atoms with Gasteiger partial charge in [0.1, 0.15) is 12.4 Å². The molecule has 0 fully saturated rings. The summed E-state index contributed by atoms with van der Waals surface area (Å²) in [5, 5.41) is 6.05. The molecule has 1 unspecified atom stereocenters. The van der Waals surface area contributed by atoms with Crippen molar-refractivity contribution in [2.75, 3.05) is 30.9 Å². The second-order valence-corrected chi connectivity index (χ2v) is 7.41. The highest BCUT2D eigenvalue weighted by Gasteiger charge is 2.34. The number of ketones is 2. The molecule has 1 amide bonds. The Balaban J connectivity index is 1.79. The number of carbonyl (C=O) groups is 3. The summed E-state index contributed by atoms with van der Waals surface area (Å²) in [6, 6.07) is 3.43. The Labute approximate surface area is 166 Å². The third-order valence-electron chi connectivity index (χ3n) is 4.39. The molecule has 28 heavy (non-hydrogen) atoms. The molecule has 3 rings (SSSR count). The largest absolute Gasteiger partial charge is 0.375 e. The lowest BCUT2D eigenvalue weighted by Crippen LogP contribution is -2.23. The molecule has 0 spiro atoms. The molecule has 2 N–H and O–H groups in total. The molecule has 1 atom stereocenters. The van der Waals surface area contributed by atoms with Crippen LogP contribution in [-0.2, 0) is 16.0 Å². The van der Waals surface area contributed by atoms with E-state index in [0.717, 1.165) is 17.9 Å². The first-order chi connectivity index (χ1) is 13.5. The number of anilines is 2. The van der Waals surface area contributed by atoms with E-state index in [9.17, 15) is 14.4 Å². The maximum Gasteiger partial charge on any atom is 0.252 e. The van der Waals surface area contributed by atoms with Gasteiger partial charge in [-0.1, -0.05) is 11.3 Å². The molecule has 9 heteroatoms. The Hall–Kier alpha value is -2.65. The second kappa shape index (κ2) is 9.03. The third kappa shape index (κ3) is 4.42. The van der Waals surface area contributed by atoms with Crippen LogP contribution in [0.4, 0.5) is 10.9 Å². The maximum absolute atomic E-state index is 13.0. The molecule has 0 aromatic carbocycles. The minimum Gasteiger partial charge on any atom is -0.375 e. The first kappa shape index (κ1) is 20.1. The van der Waals surface area contributed by atoms with Crippen molar-refractivity contribution >= 4 is 39.8 Å². The number of methoxy groups -OCH3 is 1. The first-order valence-electron chi connectivity index (χ1n) is 9.10. The van der Waals surface area contributed by atoms with E-state index in [0.29, 0.717) is 46.3 Å². The molecule has 148 valence electrons. The number of rotatable bonds is 7. The molecule has 1 aliphatic carbocycles. The van der Waals surface area contributed by atoms with Gasteiger partial charge < -0.3 is 10.1 Å². The molecule has 0 aliphatic heterocycles. The number of aromatic nitrogens is 2. The monoisotopic (exact) mass is 402 g/mol. The van der Waals surface area contributed by atoms with Gasteiger partial charge in [-0.05, 0) is 38.3 Å². The highest BCUT2D eigenvalue weighted by molar-refractivity contribution is 7.17. The topological polar surface area (TPSA) is 110 Å². The van der Waals surface area contributed by atoms with Crippen molar-refractivity contribution in [1.82, 2.24) is 9.97 Å². The van der Waals surface area contributed by atoms with Crippen molar-refractivity contribution in [2.24, 2.45) is 5.92 Å². The number of Topliss-reactive ketones (excluding diaryl/α,β-unsaturated/α-hetero) is 2. The average Bonchev–Trinajstić information content (AvgIpc) is 3.01. The summed E-state index contributed by atoms with van der Waals surface area (Å²) in [4.78, 5) is 46.7. The lowest BCUT2D eigenvalue weighted by atomic mass is 9.91. The van der Waals surface area contributed by atoms with Crippen molar-refractivity contribution in [3.8, 4) is 0 Å². The summed E-state index contributed by atoms with van der Waals surface area (Å²) in [7, 11) is 1.43. The van der Waals surface area contributed by atoms with Gasteiger partial charge >= 0.3 is 0 Å². The summed E-state index contributed by atoms with van der Waals surface area (Å²) >= 11 is 1.11. The van der Waals surface area contributed by atoms with Crippen LogP contribution in [0.3, 0.4) is 0 Å². The number of nitrogens with zero attached hydrogens (tertiary/aromatic N) is 2. The number of carbonyl (C=O) groups excluding carboxylic acids is 3.